The smallest absolute Gasteiger partial charge is 1.00 e. The minimum atomic E-state index is -0.0683. The van der Waals surface area contributed by atoms with E-state index >= 15 is 0 Å². The van der Waals surface area contributed by atoms with Gasteiger partial charge in [-0.3, -0.25) is 0 Å². The molecule has 0 saturated carbocycles. The van der Waals surface area contributed by atoms with E-state index in [-0.39, 0.29) is 35.6 Å². The maximum atomic E-state index is 2.58. The van der Waals surface area contributed by atoms with Gasteiger partial charge < -0.3 is 24.8 Å². The van der Waals surface area contributed by atoms with Gasteiger partial charge in [-0.15, -0.1) is 0 Å². The molecule has 10 aromatic carbocycles. The van der Waals surface area contributed by atoms with E-state index in [2.05, 4.69) is 217 Å². The van der Waals surface area contributed by atoms with Gasteiger partial charge in [-0.1, -0.05) is 30.3 Å². The van der Waals surface area contributed by atoms with Crippen LogP contribution in [0.15, 0.2) is 176 Å². The van der Waals surface area contributed by atoms with Crippen molar-refractivity contribution in [1.29, 1.82) is 0 Å². The van der Waals surface area contributed by atoms with E-state index in [0.717, 1.165) is 6.42 Å². The van der Waals surface area contributed by atoms with E-state index in [4.69, 9.17) is 0 Å². The molecule has 0 radical (unpaired) electrons. The van der Waals surface area contributed by atoms with E-state index in [1.165, 1.54) is 149 Å². The second kappa shape index (κ2) is 16.6. The summed E-state index contributed by atoms with van der Waals surface area (Å²) >= 11 is 1.45. The normalized spacial score (nSPS) is 12.3. The van der Waals surface area contributed by atoms with Crippen molar-refractivity contribution in [2.24, 2.45) is 0 Å². The van der Waals surface area contributed by atoms with Crippen LogP contribution in [-0.4, -0.2) is 0 Å². The zero-order valence-corrected chi connectivity index (χ0v) is 41.2. The van der Waals surface area contributed by atoms with Gasteiger partial charge >= 0.3 is 343 Å². The van der Waals surface area contributed by atoms with Gasteiger partial charge in [-0.05, 0) is 10.8 Å². The summed E-state index contributed by atoms with van der Waals surface area (Å²) in [6.45, 7) is 14.3. The molecule has 0 aliphatic heterocycles. The molecular formula is C61H49Cl2Zr. The number of rotatable bonds is 4. The van der Waals surface area contributed by atoms with Gasteiger partial charge in [0.15, 0.2) is 0 Å². The molecule has 0 nitrogen and oxygen atoms in total. The molecule has 0 heterocycles. The van der Waals surface area contributed by atoms with Gasteiger partial charge in [0.05, 0.1) is 0 Å². The fraction of sp³-hybridized carbons (Fsp3) is 0.148. The second-order valence-corrected chi connectivity index (χ2v) is 20.7. The van der Waals surface area contributed by atoms with Crippen LogP contribution in [0.2, 0.25) is 0 Å². The van der Waals surface area contributed by atoms with Gasteiger partial charge in [0.1, 0.15) is 0 Å². The average molecular weight is 944 g/mol. The molecule has 11 rings (SSSR count). The first-order valence-corrected chi connectivity index (χ1v) is 23.3. The van der Waals surface area contributed by atoms with Crippen LogP contribution >= 0.6 is 0 Å². The molecule has 0 aromatic heterocycles. The molecule has 0 amide bonds. The molecule has 3 heteroatoms. The fourth-order valence-electron chi connectivity index (χ4n) is 10.4. The summed E-state index contributed by atoms with van der Waals surface area (Å²) in [5, 5.41) is 10.3. The molecule has 0 N–H and O–H groups in total. The van der Waals surface area contributed by atoms with Crippen molar-refractivity contribution in [3.05, 3.63) is 198 Å². The number of benzene rings is 10. The van der Waals surface area contributed by atoms with Gasteiger partial charge in [0.25, 0.3) is 0 Å². The maximum Gasteiger partial charge on any atom is -1.00 e. The minimum absolute atomic E-state index is 0. The zero-order chi connectivity index (χ0) is 42.5. The Labute approximate surface area is 405 Å². The molecule has 311 valence electrons. The summed E-state index contributed by atoms with van der Waals surface area (Å²) in [7, 11) is 0. The fourth-order valence-corrected chi connectivity index (χ4v) is 11.6. The van der Waals surface area contributed by atoms with Gasteiger partial charge in [0, 0.05) is 0 Å². The Morgan fingerprint density at radius 1 is 0.359 bits per heavy atom. The van der Waals surface area contributed by atoms with Crippen LogP contribution < -0.4 is 28.1 Å². The predicted molar refractivity (Wildman–Crippen MR) is 263 cm³/mol. The summed E-state index contributed by atoms with van der Waals surface area (Å²) in [5.41, 5.74) is 18.9. The maximum absolute atomic E-state index is 2.58. The molecule has 10 aromatic rings. The van der Waals surface area contributed by atoms with E-state index in [9.17, 15) is 0 Å². The quantitative estimate of drug-likeness (QED) is 0.154. The standard InChI is InChI=1S/C61H49.2ClH.Zr/c1-60(2,3)58-36-54-44(34-56(58)52-21-13-11-19-48(52)42-27-29-50-40(31-42)25-23-38-15-7-9-17-46(38)50)33-45-35-57(59(37-55(45)54)61(4,5)6)53-22-14-12-20-49(53)43-28-30-51-41(32-43)26-24-39-16-8-10-18-47(39)51;;;/h7-32,34,36-37H,33H2,1-6H3;2*1H;/q;;;+2/p-2. The van der Waals surface area contributed by atoms with E-state index in [1.54, 1.807) is 0 Å². The minimum Gasteiger partial charge on any atom is -1.00 e. The van der Waals surface area contributed by atoms with Crippen LogP contribution in [-0.2, 0) is 42.0 Å². The molecule has 0 unspecified atom stereocenters. The predicted octanol–water partition coefficient (Wildman–Crippen LogP) is 10.3. The average Bonchev–Trinajstić information content (AvgIpc) is 3.65. The molecule has 0 saturated heterocycles. The van der Waals surface area contributed by atoms with Crippen LogP contribution in [0.25, 0.3) is 98.7 Å². The third-order valence-electron chi connectivity index (χ3n) is 13.5. The van der Waals surface area contributed by atoms with Gasteiger partial charge in [0.2, 0.25) is 0 Å². The van der Waals surface area contributed by atoms with Crippen LogP contribution in [0.5, 0.6) is 0 Å². The number of halogens is 2. The molecule has 0 atom stereocenters. The van der Waals surface area contributed by atoms with Crippen molar-refractivity contribution in [3.8, 4) is 55.6 Å². The van der Waals surface area contributed by atoms with Gasteiger partial charge in [-0.2, -0.15) is 0 Å². The third kappa shape index (κ3) is 7.35. The molecule has 64 heavy (non-hydrogen) atoms. The number of hydrogen-bond acceptors (Lipinski definition) is 0. The largest absolute Gasteiger partial charge is 1.00 e. The zero-order valence-electron chi connectivity index (χ0n) is 37.2. The molecule has 1 aliphatic rings. The molecule has 1 aliphatic carbocycles. The Balaban J connectivity index is 0.00000259. The van der Waals surface area contributed by atoms with Crippen molar-refractivity contribution in [1.82, 2.24) is 0 Å². The van der Waals surface area contributed by atoms with Crippen molar-refractivity contribution in [2.75, 3.05) is 0 Å². The molecule has 0 bridgehead atoms. The van der Waals surface area contributed by atoms with Gasteiger partial charge in [-0.25, -0.2) is 0 Å². The van der Waals surface area contributed by atoms with Crippen LogP contribution in [0.1, 0.15) is 63.8 Å². The Morgan fingerprint density at radius 2 is 0.797 bits per heavy atom. The first kappa shape index (κ1) is 43.9. The third-order valence-corrected chi connectivity index (χ3v) is 14.8. The topological polar surface area (TPSA) is 0 Å². The second-order valence-electron chi connectivity index (χ2n) is 19.5. The van der Waals surface area contributed by atoms with E-state index in [1.807, 2.05) is 0 Å². The monoisotopic (exact) mass is 941 g/mol. The van der Waals surface area contributed by atoms with Crippen LogP contribution in [0.3, 0.4) is 0 Å². The van der Waals surface area contributed by atoms with E-state index < -0.39 is 0 Å². The Hall–Kier alpha value is -5.30. The number of hydrogen-bond donors (Lipinski definition) is 0. The Morgan fingerprint density at radius 3 is 1.34 bits per heavy atom. The van der Waals surface area contributed by atoms with Crippen molar-refractivity contribution in [2.45, 2.75) is 58.8 Å². The van der Waals surface area contributed by atoms with Crippen molar-refractivity contribution >= 4 is 46.4 Å². The van der Waals surface area contributed by atoms with Crippen molar-refractivity contribution < 1.29 is 49.5 Å². The summed E-state index contributed by atoms with van der Waals surface area (Å²) in [6.07, 6.45) is 0.941. The SMILES string of the molecule is CC(C)(C)c1cc2c(cc1-c1ccccc1-c1ccc3c(ccc4ccccc43)c1)Cc1c-2cc(C(C)(C)C)c(-c2ccccc2-c2ccc3c(ccc4ccccc43)c2)[c]1[Zr+2].[Cl-].[Cl-]. The summed E-state index contributed by atoms with van der Waals surface area (Å²) < 4.78 is 1.48. The summed E-state index contributed by atoms with van der Waals surface area (Å²) in [4.78, 5) is 0. The molecular weight excluding hydrogens is 895 g/mol. The first-order chi connectivity index (χ1) is 29.9. The molecule has 0 spiro atoms. The molecule has 0 fully saturated rings. The Kier molecular flexibility index (Phi) is 11.4. The van der Waals surface area contributed by atoms with Crippen LogP contribution in [0, 0.1) is 0 Å². The Bertz CT molecular complexity index is 3470. The van der Waals surface area contributed by atoms with Crippen molar-refractivity contribution in [3.63, 3.8) is 0 Å². The summed E-state index contributed by atoms with van der Waals surface area (Å²) in [5.74, 6) is 0. The number of fused-ring (bicyclic) bond motifs is 9. The first-order valence-electron chi connectivity index (χ1n) is 22.0. The van der Waals surface area contributed by atoms with E-state index in [0.29, 0.717) is 0 Å². The summed E-state index contributed by atoms with van der Waals surface area (Å²) in [6, 6.07) is 66.5. The van der Waals surface area contributed by atoms with Crippen LogP contribution in [0.4, 0.5) is 0 Å².